The van der Waals surface area contributed by atoms with E-state index in [9.17, 15) is 9.90 Å². The van der Waals surface area contributed by atoms with Crippen molar-refractivity contribution in [1.82, 2.24) is 0 Å². The molecule has 0 radical (unpaired) electrons. The molecular formula is C13H25NO2. The summed E-state index contributed by atoms with van der Waals surface area (Å²) in [7, 11) is 0. The number of hydrogen-bond acceptors (Lipinski definition) is 3. The van der Waals surface area contributed by atoms with Crippen LogP contribution in [0.15, 0.2) is 0 Å². The molecule has 1 rings (SSSR count). The molecule has 0 heterocycles. The minimum atomic E-state index is -1.27. The predicted octanol–water partition coefficient (Wildman–Crippen LogP) is 1.73. The summed E-state index contributed by atoms with van der Waals surface area (Å²) in [6.45, 7) is 6.46. The Morgan fingerprint density at radius 2 is 2.00 bits per heavy atom. The van der Waals surface area contributed by atoms with Gasteiger partial charge in [-0.1, -0.05) is 13.8 Å². The van der Waals surface area contributed by atoms with Crippen LogP contribution in [0.4, 0.5) is 0 Å². The molecule has 1 aliphatic rings. The Labute approximate surface area is 98.4 Å². The third-order valence-corrected chi connectivity index (χ3v) is 4.62. The molecule has 1 fully saturated rings. The van der Waals surface area contributed by atoms with E-state index in [0.29, 0.717) is 24.7 Å². The van der Waals surface area contributed by atoms with Crippen molar-refractivity contribution in [3.05, 3.63) is 0 Å². The zero-order valence-corrected chi connectivity index (χ0v) is 10.7. The summed E-state index contributed by atoms with van der Waals surface area (Å²) < 4.78 is 0. The Bertz CT molecular complexity index is 240. The maximum absolute atomic E-state index is 11.0. The highest BCUT2D eigenvalue weighted by Gasteiger charge is 2.48. The first kappa shape index (κ1) is 13.7. The Morgan fingerprint density at radius 1 is 1.50 bits per heavy atom. The normalized spacial score (nSPS) is 34.8. The molecule has 1 aliphatic carbocycles. The number of hydrogen-bond donors (Lipinski definition) is 2. The van der Waals surface area contributed by atoms with Gasteiger partial charge in [-0.3, -0.25) is 0 Å². The molecule has 0 aromatic rings. The van der Waals surface area contributed by atoms with Crippen molar-refractivity contribution in [3.63, 3.8) is 0 Å². The largest absolute Gasteiger partial charge is 0.382 e. The van der Waals surface area contributed by atoms with Crippen LogP contribution in [0.1, 0.15) is 46.5 Å². The third kappa shape index (κ3) is 2.30. The van der Waals surface area contributed by atoms with Crippen LogP contribution in [0, 0.1) is 17.3 Å². The number of rotatable bonds is 4. The highest BCUT2D eigenvalue weighted by Crippen LogP contribution is 2.46. The van der Waals surface area contributed by atoms with Gasteiger partial charge in [-0.05, 0) is 44.4 Å². The minimum Gasteiger partial charge on any atom is -0.382 e. The van der Waals surface area contributed by atoms with Crippen molar-refractivity contribution < 1.29 is 9.90 Å². The monoisotopic (exact) mass is 227 g/mol. The van der Waals surface area contributed by atoms with E-state index in [-0.39, 0.29) is 0 Å². The lowest BCUT2D eigenvalue weighted by atomic mass is 9.61. The molecule has 1 unspecified atom stereocenters. The summed E-state index contributed by atoms with van der Waals surface area (Å²) in [6, 6.07) is 0. The Kier molecular flexibility index (Phi) is 4.13. The first-order valence-electron chi connectivity index (χ1n) is 6.27. The molecule has 0 saturated heterocycles. The van der Waals surface area contributed by atoms with E-state index in [2.05, 4.69) is 13.8 Å². The lowest BCUT2D eigenvalue weighted by molar-refractivity contribution is -0.141. The van der Waals surface area contributed by atoms with Crippen LogP contribution in [0.2, 0.25) is 0 Å². The molecule has 1 atom stereocenters. The molecule has 94 valence electrons. The fourth-order valence-electron chi connectivity index (χ4n) is 2.90. The second kappa shape index (κ2) is 4.84. The Morgan fingerprint density at radius 3 is 2.31 bits per heavy atom. The summed E-state index contributed by atoms with van der Waals surface area (Å²) in [5.74, 6) is 1.39. The number of aliphatic hydroxyl groups is 1. The van der Waals surface area contributed by atoms with Gasteiger partial charge >= 0.3 is 0 Å². The molecular weight excluding hydrogens is 202 g/mol. The Hall–Kier alpha value is -0.410. The van der Waals surface area contributed by atoms with E-state index < -0.39 is 11.0 Å². The van der Waals surface area contributed by atoms with Crippen LogP contribution >= 0.6 is 0 Å². The second-order valence-corrected chi connectivity index (χ2v) is 5.83. The van der Waals surface area contributed by atoms with Gasteiger partial charge in [0.2, 0.25) is 0 Å². The molecule has 1 saturated carbocycles. The van der Waals surface area contributed by atoms with Crippen LogP contribution in [-0.2, 0) is 4.79 Å². The van der Waals surface area contributed by atoms with Crippen molar-refractivity contribution in [3.8, 4) is 0 Å². The van der Waals surface area contributed by atoms with Crippen molar-refractivity contribution in [2.24, 2.45) is 23.0 Å². The molecule has 0 bridgehead atoms. The second-order valence-electron chi connectivity index (χ2n) is 5.83. The summed E-state index contributed by atoms with van der Waals surface area (Å²) in [4.78, 5) is 11.0. The average molecular weight is 227 g/mol. The highest BCUT2D eigenvalue weighted by molar-refractivity contribution is 5.63. The van der Waals surface area contributed by atoms with Gasteiger partial charge < -0.3 is 15.6 Å². The summed E-state index contributed by atoms with van der Waals surface area (Å²) in [6.07, 6.45) is 4.52. The smallest absolute Gasteiger partial charge is 0.151 e. The van der Waals surface area contributed by atoms with E-state index in [1.54, 1.807) is 6.92 Å². The van der Waals surface area contributed by atoms with Crippen LogP contribution in [0.5, 0.6) is 0 Å². The third-order valence-electron chi connectivity index (χ3n) is 4.62. The number of aldehydes is 1. The molecule has 3 N–H and O–H groups in total. The van der Waals surface area contributed by atoms with Crippen LogP contribution in [0.3, 0.4) is 0 Å². The van der Waals surface area contributed by atoms with Gasteiger partial charge in [0.25, 0.3) is 0 Å². The van der Waals surface area contributed by atoms with Gasteiger partial charge in [0.1, 0.15) is 5.60 Å². The van der Waals surface area contributed by atoms with Crippen LogP contribution < -0.4 is 5.73 Å². The Balaban J connectivity index is 2.76. The van der Waals surface area contributed by atoms with Crippen LogP contribution in [-0.4, -0.2) is 23.5 Å². The molecule has 0 amide bonds. The van der Waals surface area contributed by atoms with Crippen molar-refractivity contribution in [2.75, 3.05) is 6.54 Å². The SMILES string of the molecule is CC(C)C1CCC(CN)(C(C)(O)C=O)CC1. The van der Waals surface area contributed by atoms with Crippen molar-refractivity contribution >= 4 is 6.29 Å². The number of carbonyl (C=O) groups is 1. The quantitative estimate of drug-likeness (QED) is 0.719. The fraction of sp³-hybridized carbons (Fsp3) is 0.923. The molecule has 3 heteroatoms. The predicted molar refractivity (Wildman–Crippen MR) is 65.0 cm³/mol. The summed E-state index contributed by atoms with van der Waals surface area (Å²) in [5.41, 5.74) is 4.13. The van der Waals surface area contributed by atoms with E-state index in [0.717, 1.165) is 25.7 Å². The van der Waals surface area contributed by atoms with Gasteiger partial charge in [0.05, 0.1) is 0 Å². The van der Waals surface area contributed by atoms with Gasteiger partial charge in [-0.25, -0.2) is 0 Å². The van der Waals surface area contributed by atoms with E-state index in [1.165, 1.54) is 0 Å². The van der Waals surface area contributed by atoms with Crippen molar-refractivity contribution in [1.29, 1.82) is 0 Å². The van der Waals surface area contributed by atoms with Gasteiger partial charge in [0, 0.05) is 12.0 Å². The first-order valence-corrected chi connectivity index (χ1v) is 6.27. The highest BCUT2D eigenvalue weighted by atomic mass is 16.3. The zero-order valence-electron chi connectivity index (χ0n) is 10.7. The van der Waals surface area contributed by atoms with Gasteiger partial charge in [-0.15, -0.1) is 0 Å². The molecule has 0 aromatic carbocycles. The van der Waals surface area contributed by atoms with E-state index >= 15 is 0 Å². The molecule has 0 aliphatic heterocycles. The lowest BCUT2D eigenvalue weighted by Gasteiger charge is -2.47. The lowest BCUT2D eigenvalue weighted by Crippen LogP contribution is -2.53. The fourth-order valence-corrected chi connectivity index (χ4v) is 2.90. The number of nitrogens with two attached hydrogens (primary N) is 1. The standard InChI is InChI=1S/C13H25NO2/c1-10(2)11-4-6-13(8-14,7-5-11)12(3,16)9-15/h9-11,16H,4-8,14H2,1-3H3. The van der Waals surface area contributed by atoms with E-state index in [1.807, 2.05) is 0 Å². The molecule has 0 spiro atoms. The zero-order chi connectivity index (χ0) is 12.4. The van der Waals surface area contributed by atoms with Gasteiger partial charge in [0.15, 0.2) is 6.29 Å². The molecule has 3 nitrogen and oxygen atoms in total. The van der Waals surface area contributed by atoms with E-state index in [4.69, 9.17) is 5.73 Å². The topological polar surface area (TPSA) is 63.3 Å². The van der Waals surface area contributed by atoms with Gasteiger partial charge in [-0.2, -0.15) is 0 Å². The number of carbonyl (C=O) groups excluding carboxylic acids is 1. The maximum Gasteiger partial charge on any atom is 0.151 e. The van der Waals surface area contributed by atoms with Crippen molar-refractivity contribution in [2.45, 2.75) is 52.1 Å². The average Bonchev–Trinajstić information content (AvgIpc) is 2.28. The molecule has 16 heavy (non-hydrogen) atoms. The maximum atomic E-state index is 11.0. The summed E-state index contributed by atoms with van der Waals surface area (Å²) in [5, 5.41) is 10.2. The van der Waals surface area contributed by atoms with Crippen LogP contribution in [0.25, 0.3) is 0 Å². The summed E-state index contributed by atoms with van der Waals surface area (Å²) >= 11 is 0. The first-order chi connectivity index (χ1) is 7.38. The minimum absolute atomic E-state index is 0.392. The molecule has 0 aromatic heterocycles.